The second-order valence-corrected chi connectivity index (χ2v) is 7.88. The van der Waals surface area contributed by atoms with E-state index in [9.17, 15) is 9.59 Å². The van der Waals surface area contributed by atoms with E-state index in [0.29, 0.717) is 32.4 Å². The van der Waals surface area contributed by atoms with Gasteiger partial charge in [0, 0.05) is 0 Å². The van der Waals surface area contributed by atoms with Gasteiger partial charge in [-0.25, -0.2) is 0 Å². The zero-order chi connectivity index (χ0) is 21.8. The van der Waals surface area contributed by atoms with Crippen molar-refractivity contribution in [3.05, 3.63) is 88.2 Å². The molecule has 0 aliphatic heterocycles. The number of halogens is 1. The fourth-order valence-corrected chi connectivity index (χ4v) is 4.39. The monoisotopic (exact) mass is 452 g/mol. The Kier molecular flexibility index (Phi) is 6.16. The van der Waals surface area contributed by atoms with Gasteiger partial charge in [-0.3, -0.25) is 9.59 Å². The van der Waals surface area contributed by atoms with E-state index in [1.54, 1.807) is 53.1 Å². The van der Waals surface area contributed by atoms with Crippen molar-refractivity contribution in [2.45, 2.75) is 6.54 Å². The van der Waals surface area contributed by atoms with E-state index in [-0.39, 0.29) is 6.54 Å². The predicted octanol–water partition coefficient (Wildman–Crippen LogP) is 5.06. The summed E-state index contributed by atoms with van der Waals surface area (Å²) >= 11 is 7.62. The maximum Gasteiger partial charge on any atom is 0.325 e. The molecular weight excluding hydrogens is 436 g/mol. The van der Waals surface area contributed by atoms with Crippen molar-refractivity contribution in [3.63, 3.8) is 0 Å². The number of amides is 1. The highest BCUT2D eigenvalue weighted by atomic mass is 35.5. The second-order valence-electron chi connectivity index (χ2n) is 6.46. The molecule has 0 N–H and O–H groups in total. The van der Waals surface area contributed by atoms with E-state index in [1.807, 2.05) is 24.3 Å². The van der Waals surface area contributed by atoms with Gasteiger partial charge in [-0.1, -0.05) is 59.3 Å². The summed E-state index contributed by atoms with van der Waals surface area (Å²) in [5.41, 5.74) is 0.930. The van der Waals surface area contributed by atoms with Crippen molar-refractivity contribution in [2.75, 3.05) is 7.11 Å². The van der Waals surface area contributed by atoms with Crippen LogP contribution in [-0.4, -0.2) is 23.6 Å². The Morgan fingerprint density at radius 1 is 1.00 bits per heavy atom. The molecule has 0 saturated carbocycles. The van der Waals surface area contributed by atoms with Crippen LogP contribution < -0.4 is 9.54 Å². The van der Waals surface area contributed by atoms with Gasteiger partial charge in [0.05, 0.1) is 27.9 Å². The highest BCUT2D eigenvalue weighted by molar-refractivity contribution is 7.16. The standard InChI is InChI=1S/C23H17ClN2O4S/c1-29-20(27)14-26-21-17(24)11-7-13-19(21)31-23(26)25-22(28)16-10-5-6-12-18(16)30-15-8-3-2-4-9-15/h2-13H,14H2,1H3. The highest BCUT2D eigenvalue weighted by Crippen LogP contribution is 2.27. The molecule has 0 saturated heterocycles. The van der Waals surface area contributed by atoms with Crippen LogP contribution >= 0.6 is 22.9 Å². The van der Waals surface area contributed by atoms with Crippen molar-refractivity contribution >= 4 is 45.0 Å². The molecule has 8 heteroatoms. The normalized spacial score (nSPS) is 11.5. The molecule has 3 aromatic carbocycles. The summed E-state index contributed by atoms with van der Waals surface area (Å²) in [7, 11) is 1.30. The third-order valence-electron chi connectivity index (χ3n) is 4.45. The number of carbonyl (C=O) groups is 2. The third-order valence-corrected chi connectivity index (χ3v) is 5.80. The van der Waals surface area contributed by atoms with E-state index in [2.05, 4.69) is 4.99 Å². The topological polar surface area (TPSA) is 69.9 Å². The Labute approximate surface area is 187 Å². The fraction of sp³-hybridized carbons (Fsp3) is 0.0870. The maximum atomic E-state index is 13.1. The summed E-state index contributed by atoms with van der Waals surface area (Å²) in [4.78, 5) is 29.7. The van der Waals surface area contributed by atoms with Crippen LogP contribution in [0.4, 0.5) is 0 Å². The fourth-order valence-electron chi connectivity index (χ4n) is 3.01. The minimum Gasteiger partial charge on any atom is -0.468 e. The van der Waals surface area contributed by atoms with Crippen LogP contribution in [0.3, 0.4) is 0 Å². The number of benzene rings is 3. The van der Waals surface area contributed by atoms with Crippen LogP contribution in [0.2, 0.25) is 5.02 Å². The number of thiazole rings is 1. The molecular formula is C23H17ClN2O4S. The van der Waals surface area contributed by atoms with Crippen molar-refractivity contribution in [1.29, 1.82) is 0 Å². The van der Waals surface area contributed by atoms with Gasteiger partial charge in [0.25, 0.3) is 5.91 Å². The molecule has 0 radical (unpaired) electrons. The van der Waals surface area contributed by atoms with E-state index >= 15 is 0 Å². The average Bonchev–Trinajstić information content (AvgIpc) is 3.12. The summed E-state index contributed by atoms with van der Waals surface area (Å²) in [5.74, 6) is 0.0346. The van der Waals surface area contributed by atoms with Crippen molar-refractivity contribution < 1.29 is 19.1 Å². The van der Waals surface area contributed by atoms with Crippen LogP contribution in [0.15, 0.2) is 77.8 Å². The molecule has 4 rings (SSSR count). The van der Waals surface area contributed by atoms with Gasteiger partial charge in [0.15, 0.2) is 4.80 Å². The number of fused-ring (bicyclic) bond motifs is 1. The number of para-hydroxylation sites is 3. The quantitative estimate of drug-likeness (QED) is 0.397. The summed E-state index contributed by atoms with van der Waals surface area (Å²) < 4.78 is 13.1. The molecule has 1 aromatic heterocycles. The smallest absolute Gasteiger partial charge is 0.325 e. The Balaban J connectivity index is 1.79. The van der Waals surface area contributed by atoms with E-state index in [4.69, 9.17) is 21.1 Å². The summed E-state index contributed by atoms with van der Waals surface area (Å²) in [6.07, 6.45) is 0. The van der Waals surface area contributed by atoms with Crippen LogP contribution in [-0.2, 0) is 16.1 Å². The van der Waals surface area contributed by atoms with E-state index in [1.165, 1.54) is 18.4 Å². The van der Waals surface area contributed by atoms with Gasteiger partial charge in [-0.05, 0) is 36.4 Å². The van der Waals surface area contributed by atoms with Crippen LogP contribution in [0.25, 0.3) is 10.2 Å². The maximum absolute atomic E-state index is 13.1. The number of rotatable bonds is 5. The first-order valence-corrected chi connectivity index (χ1v) is 10.5. The lowest BCUT2D eigenvalue weighted by atomic mass is 10.2. The Hall–Kier alpha value is -3.42. The molecule has 31 heavy (non-hydrogen) atoms. The Bertz CT molecular complexity index is 1330. The number of nitrogens with zero attached hydrogens (tertiary/aromatic N) is 2. The first-order chi connectivity index (χ1) is 15.1. The third kappa shape index (κ3) is 4.52. The van der Waals surface area contributed by atoms with Gasteiger partial charge in [-0.2, -0.15) is 4.99 Å². The van der Waals surface area contributed by atoms with Gasteiger partial charge in [0.2, 0.25) is 0 Å². The second kappa shape index (κ2) is 9.16. The SMILES string of the molecule is COC(=O)Cn1c(=NC(=O)c2ccccc2Oc2ccccc2)sc2cccc(Cl)c21. The van der Waals surface area contributed by atoms with E-state index in [0.717, 1.165) is 4.70 Å². The Morgan fingerprint density at radius 2 is 1.74 bits per heavy atom. The molecule has 6 nitrogen and oxygen atoms in total. The predicted molar refractivity (Wildman–Crippen MR) is 120 cm³/mol. The van der Waals surface area contributed by atoms with Gasteiger partial charge >= 0.3 is 5.97 Å². The molecule has 0 bridgehead atoms. The average molecular weight is 453 g/mol. The molecule has 156 valence electrons. The molecule has 0 atom stereocenters. The van der Waals surface area contributed by atoms with Gasteiger partial charge in [0.1, 0.15) is 18.0 Å². The van der Waals surface area contributed by atoms with Crippen molar-refractivity contribution in [1.82, 2.24) is 4.57 Å². The molecule has 0 aliphatic rings. The molecule has 4 aromatic rings. The van der Waals surface area contributed by atoms with Gasteiger partial charge < -0.3 is 14.0 Å². The number of aromatic nitrogens is 1. The highest BCUT2D eigenvalue weighted by Gasteiger charge is 2.16. The largest absolute Gasteiger partial charge is 0.468 e. The molecule has 1 heterocycles. The zero-order valence-corrected chi connectivity index (χ0v) is 18.0. The van der Waals surface area contributed by atoms with Crippen LogP contribution in [0, 0.1) is 0 Å². The lowest BCUT2D eigenvalue weighted by Crippen LogP contribution is -2.22. The summed E-state index contributed by atoms with van der Waals surface area (Å²) in [6.45, 7) is -0.117. The molecule has 0 unspecified atom stereocenters. The first-order valence-electron chi connectivity index (χ1n) is 9.32. The number of hydrogen-bond acceptors (Lipinski definition) is 5. The minimum atomic E-state index is -0.493. The Morgan fingerprint density at radius 3 is 2.52 bits per heavy atom. The van der Waals surface area contributed by atoms with Crippen molar-refractivity contribution in [2.24, 2.45) is 4.99 Å². The first kappa shape index (κ1) is 20.8. The molecule has 0 fully saturated rings. The van der Waals surface area contributed by atoms with Gasteiger partial charge in [-0.15, -0.1) is 0 Å². The summed E-state index contributed by atoms with van der Waals surface area (Å²) in [6, 6.07) is 21.4. The lowest BCUT2D eigenvalue weighted by Gasteiger charge is -2.09. The zero-order valence-electron chi connectivity index (χ0n) is 16.4. The number of methoxy groups -OCH3 is 1. The van der Waals surface area contributed by atoms with Crippen molar-refractivity contribution in [3.8, 4) is 11.5 Å². The van der Waals surface area contributed by atoms with Crippen LogP contribution in [0.5, 0.6) is 11.5 Å². The number of hydrogen-bond donors (Lipinski definition) is 0. The van der Waals surface area contributed by atoms with E-state index < -0.39 is 11.9 Å². The number of carbonyl (C=O) groups excluding carboxylic acids is 2. The lowest BCUT2D eigenvalue weighted by molar-refractivity contribution is -0.141. The minimum absolute atomic E-state index is 0.117. The molecule has 0 aliphatic carbocycles. The molecule has 0 spiro atoms. The number of ether oxygens (including phenoxy) is 2. The van der Waals surface area contributed by atoms with Crippen LogP contribution in [0.1, 0.15) is 10.4 Å². The summed E-state index contributed by atoms with van der Waals surface area (Å²) in [5, 5.41) is 0.458. The number of esters is 1. The molecule has 1 amide bonds.